The first-order valence-corrected chi connectivity index (χ1v) is 7.78. The maximum Gasteiger partial charge on any atom is 0.267 e. The fourth-order valence-corrected chi connectivity index (χ4v) is 2.54. The maximum absolute atomic E-state index is 10.9. The molecule has 1 aliphatic heterocycles. The molecule has 1 amide bonds. The van der Waals surface area contributed by atoms with Crippen LogP contribution in [0.25, 0.3) is 6.08 Å². The van der Waals surface area contributed by atoms with Crippen LogP contribution >= 0.6 is 24.8 Å². The Kier molecular flexibility index (Phi) is 11.4. The van der Waals surface area contributed by atoms with Gasteiger partial charge in [-0.1, -0.05) is 13.3 Å². The largest absolute Gasteiger partial charge is 0.366 e. The van der Waals surface area contributed by atoms with Gasteiger partial charge in [0.25, 0.3) is 5.91 Å². The van der Waals surface area contributed by atoms with Crippen LogP contribution in [0.4, 0.5) is 5.82 Å². The van der Waals surface area contributed by atoms with Crippen LogP contribution in [0, 0.1) is 0 Å². The van der Waals surface area contributed by atoms with E-state index in [0.29, 0.717) is 6.04 Å². The van der Waals surface area contributed by atoms with Gasteiger partial charge in [0.05, 0.1) is 0 Å². The molecule has 1 atom stereocenters. The zero-order valence-electron chi connectivity index (χ0n) is 13.8. The number of likely N-dealkylation sites (tertiary alicyclic amines) is 1. The van der Waals surface area contributed by atoms with Crippen molar-refractivity contribution in [2.45, 2.75) is 32.2 Å². The molecule has 6 nitrogen and oxygen atoms in total. The van der Waals surface area contributed by atoms with Crippen LogP contribution in [-0.2, 0) is 4.79 Å². The number of nitrogens with one attached hydrogen (secondary N) is 2. The predicted octanol–water partition coefficient (Wildman–Crippen LogP) is 2.73. The fraction of sp³-hybridized carbons (Fsp3) is 0.500. The summed E-state index contributed by atoms with van der Waals surface area (Å²) in [4.78, 5) is 17.8. The van der Waals surface area contributed by atoms with Crippen molar-refractivity contribution in [3.63, 3.8) is 0 Å². The SMILES string of the molecule is CCCCN1CC[C@@H](Nc2ccc(C=CC(=O)NO)cn2)C1.Cl.Cl. The van der Waals surface area contributed by atoms with Crippen molar-refractivity contribution in [1.82, 2.24) is 15.4 Å². The van der Waals surface area contributed by atoms with Gasteiger partial charge in [-0.05, 0) is 43.2 Å². The van der Waals surface area contributed by atoms with Crippen molar-refractivity contribution in [1.29, 1.82) is 0 Å². The second-order valence-electron chi connectivity index (χ2n) is 5.57. The van der Waals surface area contributed by atoms with Gasteiger partial charge in [-0.15, -0.1) is 24.8 Å². The Balaban J connectivity index is 0.00000264. The summed E-state index contributed by atoms with van der Waals surface area (Å²) in [6, 6.07) is 4.25. The van der Waals surface area contributed by atoms with Gasteiger partial charge < -0.3 is 10.2 Å². The molecule has 24 heavy (non-hydrogen) atoms. The highest BCUT2D eigenvalue weighted by Gasteiger charge is 2.21. The third-order valence-corrected chi connectivity index (χ3v) is 3.78. The smallest absolute Gasteiger partial charge is 0.267 e. The minimum atomic E-state index is -0.555. The predicted molar refractivity (Wildman–Crippen MR) is 101 cm³/mol. The second kappa shape index (κ2) is 12.1. The lowest BCUT2D eigenvalue weighted by Gasteiger charge is -2.16. The molecule has 0 aliphatic carbocycles. The lowest BCUT2D eigenvalue weighted by molar-refractivity contribution is -0.124. The Labute approximate surface area is 155 Å². The Morgan fingerprint density at radius 3 is 2.88 bits per heavy atom. The highest BCUT2D eigenvalue weighted by atomic mass is 35.5. The van der Waals surface area contributed by atoms with E-state index < -0.39 is 5.91 Å². The number of halogens is 2. The number of hydroxylamine groups is 1. The lowest BCUT2D eigenvalue weighted by Crippen LogP contribution is -2.27. The van der Waals surface area contributed by atoms with Gasteiger partial charge in [0.15, 0.2) is 0 Å². The normalized spacial score (nSPS) is 17.2. The van der Waals surface area contributed by atoms with Crippen molar-refractivity contribution < 1.29 is 10.0 Å². The third kappa shape index (κ3) is 7.49. The summed E-state index contributed by atoms with van der Waals surface area (Å²) in [6.45, 7) is 5.61. The van der Waals surface area contributed by atoms with Crippen molar-refractivity contribution in [2.75, 3.05) is 25.0 Å². The molecule has 136 valence electrons. The summed E-state index contributed by atoms with van der Waals surface area (Å²) in [5, 5.41) is 11.9. The summed E-state index contributed by atoms with van der Waals surface area (Å²) in [6.07, 6.45) is 8.20. The van der Waals surface area contributed by atoms with Gasteiger partial charge in [-0.3, -0.25) is 10.0 Å². The van der Waals surface area contributed by atoms with Gasteiger partial charge in [-0.25, -0.2) is 10.5 Å². The van der Waals surface area contributed by atoms with Crippen LogP contribution in [0.15, 0.2) is 24.4 Å². The van der Waals surface area contributed by atoms with E-state index in [9.17, 15) is 4.79 Å². The quantitative estimate of drug-likeness (QED) is 0.387. The van der Waals surface area contributed by atoms with E-state index in [1.165, 1.54) is 25.5 Å². The molecule has 1 aromatic heterocycles. The summed E-state index contributed by atoms with van der Waals surface area (Å²) in [5.41, 5.74) is 2.36. The highest BCUT2D eigenvalue weighted by molar-refractivity contribution is 5.90. The number of carbonyl (C=O) groups is 1. The standard InChI is InChI=1S/C16H24N4O2.2ClH/c1-2-3-9-20-10-8-14(12-20)18-15-6-4-13(11-17-15)5-7-16(21)19-22;;/h4-7,11,14,22H,2-3,8-10,12H2,1H3,(H,17,18)(H,19,21);2*1H/t14-;;/m1../s1. The molecule has 3 N–H and O–H groups in total. The second-order valence-corrected chi connectivity index (χ2v) is 5.57. The van der Waals surface area contributed by atoms with E-state index in [0.717, 1.165) is 30.9 Å². The lowest BCUT2D eigenvalue weighted by atomic mass is 10.2. The topological polar surface area (TPSA) is 77.5 Å². The number of pyridine rings is 1. The molecule has 0 aromatic carbocycles. The zero-order chi connectivity index (χ0) is 15.8. The molecular formula is C16H26Cl2N4O2. The fourth-order valence-electron chi connectivity index (χ4n) is 2.54. The Morgan fingerprint density at radius 2 is 2.25 bits per heavy atom. The number of rotatable bonds is 7. The molecule has 8 heteroatoms. The molecule has 0 bridgehead atoms. The summed E-state index contributed by atoms with van der Waals surface area (Å²) in [7, 11) is 0. The van der Waals surface area contributed by atoms with Gasteiger partial charge >= 0.3 is 0 Å². The first-order chi connectivity index (χ1) is 10.7. The van der Waals surface area contributed by atoms with E-state index >= 15 is 0 Å². The van der Waals surface area contributed by atoms with Crippen molar-refractivity contribution >= 4 is 42.6 Å². The van der Waals surface area contributed by atoms with Gasteiger partial charge in [0, 0.05) is 31.4 Å². The van der Waals surface area contributed by atoms with E-state index in [4.69, 9.17) is 5.21 Å². The number of aromatic nitrogens is 1. The number of anilines is 1. The molecule has 0 saturated carbocycles. The minimum Gasteiger partial charge on any atom is -0.366 e. The Morgan fingerprint density at radius 1 is 1.46 bits per heavy atom. The summed E-state index contributed by atoms with van der Waals surface area (Å²) in [5.74, 6) is 0.298. The minimum absolute atomic E-state index is 0. The van der Waals surface area contributed by atoms with Crippen LogP contribution in [0.3, 0.4) is 0 Å². The van der Waals surface area contributed by atoms with Gasteiger partial charge in [-0.2, -0.15) is 0 Å². The number of amides is 1. The molecule has 2 rings (SSSR count). The molecule has 1 aliphatic rings. The van der Waals surface area contributed by atoms with Crippen LogP contribution in [0.5, 0.6) is 0 Å². The zero-order valence-corrected chi connectivity index (χ0v) is 15.4. The van der Waals surface area contributed by atoms with Gasteiger partial charge in [0.2, 0.25) is 0 Å². The average Bonchev–Trinajstić information content (AvgIpc) is 2.99. The summed E-state index contributed by atoms with van der Waals surface area (Å²) >= 11 is 0. The maximum atomic E-state index is 10.9. The molecule has 1 aromatic rings. The third-order valence-electron chi connectivity index (χ3n) is 3.78. The van der Waals surface area contributed by atoms with Crippen molar-refractivity contribution in [3.8, 4) is 0 Å². The van der Waals surface area contributed by atoms with E-state index in [2.05, 4.69) is 22.1 Å². The molecule has 0 radical (unpaired) electrons. The number of unbranched alkanes of at least 4 members (excludes halogenated alkanes) is 1. The number of hydrogen-bond donors (Lipinski definition) is 3. The molecule has 1 fully saturated rings. The average molecular weight is 377 g/mol. The van der Waals surface area contributed by atoms with Crippen LogP contribution in [0.2, 0.25) is 0 Å². The Hall–Kier alpha value is -1.34. The van der Waals surface area contributed by atoms with Crippen LogP contribution in [0.1, 0.15) is 31.7 Å². The molecule has 1 saturated heterocycles. The van der Waals surface area contributed by atoms with Crippen molar-refractivity contribution in [2.24, 2.45) is 0 Å². The highest BCUT2D eigenvalue weighted by Crippen LogP contribution is 2.15. The number of hydrogen-bond acceptors (Lipinski definition) is 5. The van der Waals surface area contributed by atoms with Crippen LogP contribution in [-0.4, -0.2) is 46.7 Å². The number of carbonyl (C=O) groups excluding carboxylic acids is 1. The van der Waals surface area contributed by atoms with E-state index in [1.807, 2.05) is 12.1 Å². The Bertz CT molecular complexity index is 511. The first-order valence-electron chi connectivity index (χ1n) is 7.78. The van der Waals surface area contributed by atoms with E-state index in [1.54, 1.807) is 17.8 Å². The molecule has 0 unspecified atom stereocenters. The number of nitrogens with zero attached hydrogens (tertiary/aromatic N) is 2. The molecule has 2 heterocycles. The summed E-state index contributed by atoms with van der Waals surface area (Å²) < 4.78 is 0. The van der Waals surface area contributed by atoms with Gasteiger partial charge in [0.1, 0.15) is 5.82 Å². The molecular weight excluding hydrogens is 351 g/mol. The van der Waals surface area contributed by atoms with E-state index in [-0.39, 0.29) is 24.8 Å². The monoisotopic (exact) mass is 376 g/mol. The molecule has 0 spiro atoms. The van der Waals surface area contributed by atoms with Crippen LogP contribution < -0.4 is 10.8 Å². The van der Waals surface area contributed by atoms with Crippen molar-refractivity contribution in [3.05, 3.63) is 30.0 Å². The first kappa shape index (κ1) is 22.7.